The van der Waals surface area contributed by atoms with Crippen molar-refractivity contribution in [1.82, 2.24) is 5.32 Å². The molecule has 2 N–H and O–H groups in total. The Morgan fingerprint density at radius 2 is 2.00 bits per heavy atom. The standard InChI is InChI=1S/C16H16FNO4/c1-16(2,11-5-3-4-6-12(11)17)9-18-14(19)13-7-10(8-22-13)15(20)21/h3-8H,9H2,1-2H3,(H,18,19)(H,20,21). The maximum atomic E-state index is 13.8. The number of hydrogen-bond acceptors (Lipinski definition) is 3. The first-order valence-electron chi connectivity index (χ1n) is 6.66. The van der Waals surface area contributed by atoms with Gasteiger partial charge in [0.25, 0.3) is 5.91 Å². The molecular formula is C16H16FNO4. The normalized spacial score (nSPS) is 11.2. The molecule has 0 radical (unpaired) electrons. The van der Waals surface area contributed by atoms with Gasteiger partial charge in [-0.2, -0.15) is 0 Å². The summed E-state index contributed by atoms with van der Waals surface area (Å²) < 4.78 is 18.7. The molecule has 5 nitrogen and oxygen atoms in total. The summed E-state index contributed by atoms with van der Waals surface area (Å²) in [6, 6.07) is 7.51. The van der Waals surface area contributed by atoms with Gasteiger partial charge in [-0.15, -0.1) is 0 Å². The summed E-state index contributed by atoms with van der Waals surface area (Å²) >= 11 is 0. The first-order chi connectivity index (χ1) is 10.3. The Bertz CT molecular complexity index is 706. The number of carbonyl (C=O) groups excluding carboxylic acids is 1. The van der Waals surface area contributed by atoms with Crippen LogP contribution in [0.5, 0.6) is 0 Å². The molecule has 0 aliphatic rings. The maximum Gasteiger partial charge on any atom is 0.338 e. The zero-order chi connectivity index (χ0) is 16.3. The number of benzene rings is 1. The third-order valence-corrected chi connectivity index (χ3v) is 3.36. The molecule has 22 heavy (non-hydrogen) atoms. The fraction of sp³-hybridized carbons (Fsp3) is 0.250. The highest BCUT2D eigenvalue weighted by Crippen LogP contribution is 2.25. The van der Waals surface area contributed by atoms with E-state index in [4.69, 9.17) is 9.52 Å². The molecule has 2 aromatic rings. The molecule has 0 fully saturated rings. The van der Waals surface area contributed by atoms with Crippen LogP contribution in [0.2, 0.25) is 0 Å². The van der Waals surface area contributed by atoms with Crippen LogP contribution in [0.3, 0.4) is 0 Å². The summed E-state index contributed by atoms with van der Waals surface area (Å²) in [5.74, 6) is -2.15. The van der Waals surface area contributed by atoms with E-state index in [0.717, 1.165) is 12.3 Å². The van der Waals surface area contributed by atoms with E-state index in [-0.39, 0.29) is 23.7 Å². The Morgan fingerprint density at radius 1 is 1.32 bits per heavy atom. The Labute approximate surface area is 126 Å². The summed E-state index contributed by atoms with van der Waals surface area (Å²) in [5, 5.41) is 11.4. The molecular weight excluding hydrogens is 289 g/mol. The topological polar surface area (TPSA) is 79.5 Å². The zero-order valence-corrected chi connectivity index (χ0v) is 12.2. The average molecular weight is 305 g/mol. The van der Waals surface area contributed by atoms with Crippen molar-refractivity contribution in [2.45, 2.75) is 19.3 Å². The van der Waals surface area contributed by atoms with E-state index >= 15 is 0 Å². The van der Waals surface area contributed by atoms with Crippen LogP contribution in [-0.2, 0) is 5.41 Å². The Morgan fingerprint density at radius 3 is 2.59 bits per heavy atom. The lowest BCUT2D eigenvalue weighted by molar-refractivity contribution is 0.0696. The molecule has 0 aliphatic carbocycles. The Balaban J connectivity index is 2.06. The molecule has 0 spiro atoms. The fourth-order valence-electron chi connectivity index (χ4n) is 2.06. The first kappa shape index (κ1) is 15.8. The minimum absolute atomic E-state index is 0.0956. The van der Waals surface area contributed by atoms with Gasteiger partial charge in [0.2, 0.25) is 0 Å². The number of furan rings is 1. The van der Waals surface area contributed by atoms with Gasteiger partial charge < -0.3 is 14.8 Å². The number of carboxylic acid groups (broad SMARTS) is 1. The second-order valence-corrected chi connectivity index (χ2v) is 5.55. The van der Waals surface area contributed by atoms with Gasteiger partial charge in [0.05, 0.1) is 5.56 Å². The van der Waals surface area contributed by atoms with Gasteiger partial charge in [-0.25, -0.2) is 9.18 Å². The Kier molecular flexibility index (Phi) is 4.30. The van der Waals surface area contributed by atoms with Crippen LogP contribution in [0.1, 0.15) is 40.3 Å². The Hall–Kier alpha value is -2.63. The molecule has 1 amide bonds. The van der Waals surface area contributed by atoms with E-state index in [0.29, 0.717) is 5.56 Å². The minimum atomic E-state index is -1.17. The molecule has 1 aromatic carbocycles. The molecule has 2 rings (SSSR count). The lowest BCUT2D eigenvalue weighted by Gasteiger charge is -2.25. The van der Waals surface area contributed by atoms with Crippen LogP contribution in [0.4, 0.5) is 4.39 Å². The van der Waals surface area contributed by atoms with Gasteiger partial charge >= 0.3 is 5.97 Å². The van der Waals surface area contributed by atoms with E-state index in [1.54, 1.807) is 32.0 Å². The first-order valence-corrected chi connectivity index (χ1v) is 6.66. The monoisotopic (exact) mass is 305 g/mol. The largest absolute Gasteiger partial charge is 0.478 e. The molecule has 116 valence electrons. The van der Waals surface area contributed by atoms with E-state index in [2.05, 4.69) is 5.32 Å². The van der Waals surface area contributed by atoms with Gasteiger partial charge in [0.1, 0.15) is 12.1 Å². The molecule has 0 bridgehead atoms. The number of carbonyl (C=O) groups is 2. The van der Waals surface area contributed by atoms with Crippen molar-refractivity contribution in [3.8, 4) is 0 Å². The van der Waals surface area contributed by atoms with Crippen molar-refractivity contribution in [1.29, 1.82) is 0 Å². The van der Waals surface area contributed by atoms with Crippen molar-refractivity contribution in [3.63, 3.8) is 0 Å². The highest BCUT2D eigenvalue weighted by atomic mass is 19.1. The van der Waals surface area contributed by atoms with Crippen LogP contribution in [0, 0.1) is 5.82 Å². The van der Waals surface area contributed by atoms with Crippen LogP contribution in [0.25, 0.3) is 0 Å². The van der Waals surface area contributed by atoms with Crippen molar-refractivity contribution >= 4 is 11.9 Å². The summed E-state index contributed by atoms with van der Waals surface area (Å²) in [4.78, 5) is 22.7. The van der Waals surface area contributed by atoms with E-state index in [9.17, 15) is 14.0 Å². The van der Waals surface area contributed by atoms with Crippen molar-refractivity contribution in [2.75, 3.05) is 6.54 Å². The third kappa shape index (κ3) is 3.33. The van der Waals surface area contributed by atoms with Crippen LogP contribution < -0.4 is 5.32 Å². The van der Waals surface area contributed by atoms with Gasteiger partial charge in [-0.05, 0) is 11.6 Å². The average Bonchev–Trinajstić information content (AvgIpc) is 2.95. The molecule has 0 atom stereocenters. The summed E-state index contributed by atoms with van der Waals surface area (Å²) in [6.07, 6.45) is 0.999. The smallest absolute Gasteiger partial charge is 0.338 e. The number of aromatic carboxylic acids is 1. The van der Waals surface area contributed by atoms with Crippen LogP contribution in [0.15, 0.2) is 41.0 Å². The van der Waals surface area contributed by atoms with Crippen LogP contribution in [-0.4, -0.2) is 23.5 Å². The molecule has 0 unspecified atom stereocenters. The number of amides is 1. The van der Waals surface area contributed by atoms with Crippen molar-refractivity contribution in [3.05, 3.63) is 59.3 Å². The number of carboxylic acids is 1. The summed E-state index contributed by atoms with van der Waals surface area (Å²) in [7, 11) is 0. The number of nitrogens with one attached hydrogen (secondary N) is 1. The van der Waals surface area contributed by atoms with Gasteiger partial charge in [-0.1, -0.05) is 32.0 Å². The predicted octanol–water partition coefficient (Wildman–Crippen LogP) is 2.82. The fourth-order valence-corrected chi connectivity index (χ4v) is 2.06. The highest BCUT2D eigenvalue weighted by molar-refractivity contribution is 5.95. The second-order valence-electron chi connectivity index (χ2n) is 5.55. The number of rotatable bonds is 5. The van der Waals surface area contributed by atoms with E-state index < -0.39 is 17.3 Å². The van der Waals surface area contributed by atoms with Crippen molar-refractivity contribution in [2.24, 2.45) is 0 Å². The maximum absolute atomic E-state index is 13.8. The molecule has 1 heterocycles. The summed E-state index contributed by atoms with van der Waals surface area (Å²) in [5.41, 5.74) is -0.233. The second kappa shape index (κ2) is 6.01. The summed E-state index contributed by atoms with van der Waals surface area (Å²) in [6.45, 7) is 3.78. The van der Waals surface area contributed by atoms with Crippen LogP contribution >= 0.6 is 0 Å². The molecule has 0 saturated heterocycles. The quantitative estimate of drug-likeness (QED) is 0.890. The number of halogens is 1. The number of hydrogen-bond donors (Lipinski definition) is 2. The van der Waals surface area contributed by atoms with Gasteiger partial charge in [-0.3, -0.25) is 4.79 Å². The zero-order valence-electron chi connectivity index (χ0n) is 12.2. The molecule has 0 aliphatic heterocycles. The van der Waals surface area contributed by atoms with Crippen molar-refractivity contribution < 1.29 is 23.5 Å². The lowest BCUT2D eigenvalue weighted by Crippen LogP contribution is -2.37. The third-order valence-electron chi connectivity index (χ3n) is 3.36. The van der Waals surface area contributed by atoms with Gasteiger partial charge in [0.15, 0.2) is 5.76 Å². The van der Waals surface area contributed by atoms with Gasteiger partial charge in [0, 0.05) is 18.0 Å². The molecule has 1 aromatic heterocycles. The molecule has 0 saturated carbocycles. The minimum Gasteiger partial charge on any atom is -0.478 e. The lowest BCUT2D eigenvalue weighted by atomic mass is 9.84. The van der Waals surface area contributed by atoms with E-state index in [1.165, 1.54) is 6.07 Å². The highest BCUT2D eigenvalue weighted by Gasteiger charge is 2.25. The SMILES string of the molecule is CC(C)(CNC(=O)c1cc(C(=O)O)co1)c1ccccc1F. The predicted molar refractivity (Wildman–Crippen MR) is 77.4 cm³/mol. The molecule has 6 heteroatoms. The van der Waals surface area contributed by atoms with E-state index in [1.807, 2.05) is 0 Å².